The first-order chi connectivity index (χ1) is 11.1. The van der Waals surface area contributed by atoms with E-state index in [4.69, 9.17) is 9.63 Å². The Morgan fingerprint density at radius 2 is 2.09 bits per heavy atom. The number of aromatic nitrogens is 1. The average molecular weight is 317 g/mol. The third-order valence-electron chi connectivity index (χ3n) is 3.60. The number of aliphatic hydroxyl groups is 1. The summed E-state index contributed by atoms with van der Waals surface area (Å²) in [4.78, 5) is 14.7. The van der Waals surface area contributed by atoms with Crippen LogP contribution in [0.4, 0.5) is 5.82 Å². The molecule has 0 radical (unpaired) electrons. The molecule has 23 heavy (non-hydrogen) atoms. The highest BCUT2D eigenvalue weighted by molar-refractivity contribution is 5.94. The van der Waals surface area contributed by atoms with Crippen LogP contribution in [0.3, 0.4) is 0 Å². The number of nitrogens with zero attached hydrogens (tertiary/aromatic N) is 2. The standard InChI is InChI=1S/C17H23N3O3/c1-13-12-15(19-23-13)18-17(22)16(14-8-4-3-5-9-14)20(2)10-6-7-11-21/h3-5,8-9,12,16,21H,6-7,10-11H2,1-2H3,(H,18,19,22). The summed E-state index contributed by atoms with van der Waals surface area (Å²) < 4.78 is 4.98. The number of benzene rings is 1. The number of aliphatic hydroxyl groups excluding tert-OH is 1. The van der Waals surface area contributed by atoms with Crippen LogP contribution in [-0.4, -0.2) is 41.3 Å². The van der Waals surface area contributed by atoms with Crippen molar-refractivity contribution in [1.29, 1.82) is 0 Å². The molecule has 1 heterocycles. The summed E-state index contributed by atoms with van der Waals surface area (Å²) in [6.45, 7) is 2.65. The van der Waals surface area contributed by atoms with Crippen LogP contribution in [0.2, 0.25) is 0 Å². The topological polar surface area (TPSA) is 78.6 Å². The van der Waals surface area contributed by atoms with E-state index in [9.17, 15) is 4.79 Å². The molecule has 0 saturated carbocycles. The smallest absolute Gasteiger partial charge is 0.247 e. The molecule has 1 atom stereocenters. The van der Waals surface area contributed by atoms with E-state index in [1.54, 1.807) is 13.0 Å². The van der Waals surface area contributed by atoms with Gasteiger partial charge in [-0.15, -0.1) is 0 Å². The van der Waals surface area contributed by atoms with E-state index in [1.165, 1.54) is 0 Å². The molecular weight excluding hydrogens is 294 g/mol. The fourth-order valence-electron chi connectivity index (χ4n) is 2.46. The maximum atomic E-state index is 12.7. The van der Waals surface area contributed by atoms with Gasteiger partial charge in [0.25, 0.3) is 0 Å². The Hall–Kier alpha value is -2.18. The monoisotopic (exact) mass is 317 g/mol. The highest BCUT2D eigenvalue weighted by Crippen LogP contribution is 2.22. The number of nitrogens with one attached hydrogen (secondary N) is 1. The zero-order chi connectivity index (χ0) is 16.7. The Balaban J connectivity index is 2.13. The van der Waals surface area contributed by atoms with Crippen molar-refractivity contribution in [2.24, 2.45) is 0 Å². The Labute approximate surface area is 136 Å². The molecular formula is C17H23N3O3. The highest BCUT2D eigenvalue weighted by Gasteiger charge is 2.25. The minimum atomic E-state index is -0.424. The molecule has 6 nitrogen and oxygen atoms in total. The molecule has 0 aliphatic rings. The van der Waals surface area contributed by atoms with Crippen molar-refractivity contribution in [3.05, 3.63) is 47.7 Å². The lowest BCUT2D eigenvalue weighted by Gasteiger charge is -2.27. The Kier molecular flexibility index (Phi) is 6.31. The third-order valence-corrected chi connectivity index (χ3v) is 3.60. The van der Waals surface area contributed by atoms with Crippen molar-refractivity contribution in [3.63, 3.8) is 0 Å². The number of unbranched alkanes of at least 4 members (excludes halogenated alkanes) is 1. The van der Waals surface area contributed by atoms with E-state index in [-0.39, 0.29) is 12.5 Å². The molecule has 0 fully saturated rings. The van der Waals surface area contributed by atoms with Crippen LogP contribution in [0, 0.1) is 6.92 Å². The van der Waals surface area contributed by atoms with Crippen molar-refractivity contribution in [1.82, 2.24) is 10.1 Å². The van der Waals surface area contributed by atoms with Crippen LogP contribution in [0.1, 0.15) is 30.2 Å². The molecule has 6 heteroatoms. The highest BCUT2D eigenvalue weighted by atomic mass is 16.5. The molecule has 1 amide bonds. The van der Waals surface area contributed by atoms with Gasteiger partial charge in [-0.05, 0) is 38.9 Å². The van der Waals surface area contributed by atoms with Crippen LogP contribution in [0.25, 0.3) is 0 Å². The summed E-state index contributed by atoms with van der Waals surface area (Å²) >= 11 is 0. The normalized spacial score (nSPS) is 12.3. The van der Waals surface area contributed by atoms with Crippen molar-refractivity contribution in [2.75, 3.05) is 25.5 Å². The number of anilines is 1. The van der Waals surface area contributed by atoms with Gasteiger partial charge in [-0.3, -0.25) is 9.69 Å². The van der Waals surface area contributed by atoms with Crippen LogP contribution in [0.15, 0.2) is 40.9 Å². The van der Waals surface area contributed by atoms with Crippen LogP contribution < -0.4 is 5.32 Å². The van der Waals surface area contributed by atoms with E-state index in [2.05, 4.69) is 10.5 Å². The predicted octanol–water partition coefficient (Wildman–Crippen LogP) is 2.37. The number of hydrogen-bond acceptors (Lipinski definition) is 5. The maximum Gasteiger partial charge on any atom is 0.247 e. The van der Waals surface area contributed by atoms with Gasteiger partial charge in [0.15, 0.2) is 5.82 Å². The number of rotatable bonds is 8. The van der Waals surface area contributed by atoms with Gasteiger partial charge in [0.1, 0.15) is 11.8 Å². The van der Waals surface area contributed by atoms with Crippen molar-refractivity contribution >= 4 is 11.7 Å². The number of carbonyl (C=O) groups is 1. The van der Waals surface area contributed by atoms with Gasteiger partial charge in [-0.2, -0.15) is 0 Å². The summed E-state index contributed by atoms with van der Waals surface area (Å²) in [5, 5.41) is 15.5. The van der Waals surface area contributed by atoms with Gasteiger partial charge in [0.05, 0.1) is 0 Å². The minimum Gasteiger partial charge on any atom is -0.396 e. The zero-order valence-electron chi connectivity index (χ0n) is 13.5. The largest absolute Gasteiger partial charge is 0.396 e. The lowest BCUT2D eigenvalue weighted by Crippen LogP contribution is -2.35. The van der Waals surface area contributed by atoms with E-state index >= 15 is 0 Å². The summed E-state index contributed by atoms with van der Waals surface area (Å²) in [5.74, 6) is 0.904. The van der Waals surface area contributed by atoms with Crippen LogP contribution >= 0.6 is 0 Å². The molecule has 0 spiro atoms. The Morgan fingerprint density at radius 1 is 1.35 bits per heavy atom. The number of aryl methyl sites for hydroxylation is 1. The minimum absolute atomic E-state index is 0.156. The summed E-state index contributed by atoms with van der Waals surface area (Å²) in [5.41, 5.74) is 0.914. The molecule has 0 bridgehead atoms. The van der Waals surface area contributed by atoms with Gasteiger partial charge in [-0.25, -0.2) is 0 Å². The lowest BCUT2D eigenvalue weighted by atomic mass is 10.0. The molecule has 1 aromatic heterocycles. The molecule has 124 valence electrons. The predicted molar refractivity (Wildman–Crippen MR) is 88.0 cm³/mol. The van der Waals surface area contributed by atoms with Crippen molar-refractivity contribution < 1.29 is 14.4 Å². The quantitative estimate of drug-likeness (QED) is 0.731. The van der Waals surface area contributed by atoms with Gasteiger partial charge < -0.3 is 14.9 Å². The number of likely N-dealkylation sites (N-methyl/N-ethyl adjacent to an activating group) is 1. The average Bonchev–Trinajstić information content (AvgIpc) is 2.94. The fraction of sp³-hybridized carbons (Fsp3) is 0.412. The molecule has 2 aromatic rings. The van der Waals surface area contributed by atoms with E-state index in [0.29, 0.717) is 18.1 Å². The zero-order valence-corrected chi connectivity index (χ0v) is 13.5. The van der Waals surface area contributed by atoms with Crippen molar-refractivity contribution in [3.8, 4) is 0 Å². The van der Waals surface area contributed by atoms with Gasteiger partial charge in [0.2, 0.25) is 5.91 Å². The summed E-state index contributed by atoms with van der Waals surface area (Å²) in [7, 11) is 1.91. The molecule has 0 aliphatic heterocycles. The Morgan fingerprint density at radius 3 is 2.70 bits per heavy atom. The maximum absolute atomic E-state index is 12.7. The first kappa shape index (κ1) is 17.2. The molecule has 1 unspecified atom stereocenters. The SMILES string of the molecule is Cc1cc(NC(=O)C(c2ccccc2)N(C)CCCCO)no1. The molecule has 2 N–H and O–H groups in total. The second kappa shape index (κ2) is 8.45. The van der Waals surface area contributed by atoms with Crippen LogP contribution in [-0.2, 0) is 4.79 Å². The molecule has 1 aromatic carbocycles. The number of carbonyl (C=O) groups excluding carboxylic acids is 1. The molecule has 0 saturated heterocycles. The number of amides is 1. The lowest BCUT2D eigenvalue weighted by molar-refractivity contribution is -0.121. The third kappa shape index (κ3) is 4.91. The summed E-state index contributed by atoms with van der Waals surface area (Å²) in [6.07, 6.45) is 1.54. The van der Waals surface area contributed by atoms with Gasteiger partial charge in [0, 0.05) is 12.7 Å². The van der Waals surface area contributed by atoms with Crippen LogP contribution in [0.5, 0.6) is 0 Å². The van der Waals surface area contributed by atoms with E-state index in [1.807, 2.05) is 42.3 Å². The van der Waals surface area contributed by atoms with E-state index in [0.717, 1.165) is 18.4 Å². The first-order valence-corrected chi connectivity index (χ1v) is 7.72. The fourth-order valence-corrected chi connectivity index (χ4v) is 2.46. The second-order valence-corrected chi connectivity index (χ2v) is 5.54. The van der Waals surface area contributed by atoms with Crippen molar-refractivity contribution in [2.45, 2.75) is 25.8 Å². The molecule has 0 aliphatic carbocycles. The van der Waals surface area contributed by atoms with Gasteiger partial charge in [-0.1, -0.05) is 35.5 Å². The first-order valence-electron chi connectivity index (χ1n) is 7.72. The van der Waals surface area contributed by atoms with Gasteiger partial charge >= 0.3 is 0 Å². The van der Waals surface area contributed by atoms with E-state index < -0.39 is 6.04 Å². The Bertz CT molecular complexity index is 613. The summed E-state index contributed by atoms with van der Waals surface area (Å²) in [6, 6.07) is 10.9. The number of hydrogen-bond donors (Lipinski definition) is 2. The molecule has 2 rings (SSSR count). The second-order valence-electron chi connectivity index (χ2n) is 5.54.